The van der Waals surface area contributed by atoms with E-state index in [-0.39, 0.29) is 0 Å². The lowest BCUT2D eigenvalue weighted by atomic mass is 10.1. The maximum Gasteiger partial charge on any atom is 0.415 e. The zero-order valence-corrected chi connectivity index (χ0v) is 11.6. The molecule has 0 heterocycles. The van der Waals surface area contributed by atoms with Gasteiger partial charge in [0.15, 0.2) is 0 Å². The maximum atomic E-state index is 12.2. The van der Waals surface area contributed by atoms with Crippen molar-refractivity contribution in [3.05, 3.63) is 42.5 Å². The molecule has 19 heavy (non-hydrogen) atoms. The third kappa shape index (κ3) is 4.18. The summed E-state index contributed by atoms with van der Waals surface area (Å²) in [4.78, 5) is 13.7. The number of carbonyl (C=O) groups is 1. The Morgan fingerprint density at radius 2 is 2.11 bits per heavy atom. The molecular weight excluding hydrogens is 238 g/mol. The summed E-state index contributed by atoms with van der Waals surface area (Å²) in [6.07, 6.45) is 6.66. The lowest BCUT2D eigenvalue weighted by Crippen LogP contribution is -2.37. The number of terminal acetylenes is 1. The number of para-hydroxylation sites is 1. The number of benzene rings is 1. The molecule has 0 N–H and O–H groups in total. The van der Waals surface area contributed by atoms with Crippen LogP contribution in [0.3, 0.4) is 0 Å². The van der Waals surface area contributed by atoms with E-state index in [2.05, 4.69) is 12.5 Å². The van der Waals surface area contributed by atoms with Gasteiger partial charge in [-0.15, -0.1) is 13.0 Å². The number of carbonyl (C=O) groups excluding carboxylic acids is 1. The van der Waals surface area contributed by atoms with Crippen LogP contribution in [0.2, 0.25) is 0 Å². The minimum Gasteiger partial charge on any atom is -0.443 e. The Labute approximate surface area is 114 Å². The smallest absolute Gasteiger partial charge is 0.415 e. The van der Waals surface area contributed by atoms with Crippen molar-refractivity contribution in [1.29, 1.82) is 0 Å². The normalized spacial score (nSPS) is 10.4. The number of rotatable bonds is 3. The summed E-state index contributed by atoms with van der Waals surface area (Å²) in [6, 6.07) is 7.24. The molecule has 1 amide bonds. The van der Waals surface area contributed by atoms with Crippen LogP contribution in [0.4, 0.5) is 10.5 Å². The molecule has 0 aliphatic heterocycles. The molecule has 1 rings (SSSR count). The van der Waals surface area contributed by atoms with Gasteiger partial charge in [-0.05, 0) is 32.9 Å². The fourth-order valence-corrected chi connectivity index (χ4v) is 1.55. The molecule has 0 saturated carbocycles. The van der Waals surface area contributed by atoms with Crippen molar-refractivity contribution >= 4 is 11.8 Å². The molecule has 0 spiro atoms. The topological polar surface area (TPSA) is 29.5 Å². The van der Waals surface area contributed by atoms with Gasteiger partial charge in [-0.25, -0.2) is 4.79 Å². The molecule has 0 unspecified atom stereocenters. The molecule has 100 valence electrons. The van der Waals surface area contributed by atoms with E-state index in [1.165, 1.54) is 4.90 Å². The summed E-state index contributed by atoms with van der Waals surface area (Å²) in [7, 11) is 0. The van der Waals surface area contributed by atoms with Gasteiger partial charge in [0.25, 0.3) is 0 Å². The van der Waals surface area contributed by atoms with Crippen LogP contribution in [0, 0.1) is 12.3 Å². The molecule has 0 bridgehead atoms. The SMILES string of the molecule is C#Cc1ccccc1N(CC=C)C(=O)OC(C)(C)C. The standard InChI is InChI=1S/C16H19NO2/c1-6-12-17(15(18)19-16(3,4)5)14-11-9-8-10-13(14)7-2/h2,6,8-11H,1,12H2,3-5H3. The first-order chi connectivity index (χ1) is 8.89. The summed E-state index contributed by atoms with van der Waals surface area (Å²) in [5.74, 6) is 2.57. The fourth-order valence-electron chi connectivity index (χ4n) is 1.55. The Balaban J connectivity index is 3.10. The van der Waals surface area contributed by atoms with Gasteiger partial charge in [0, 0.05) is 12.1 Å². The molecule has 0 radical (unpaired) electrons. The molecule has 0 atom stereocenters. The fraction of sp³-hybridized carbons (Fsp3) is 0.312. The highest BCUT2D eigenvalue weighted by molar-refractivity contribution is 5.90. The van der Waals surface area contributed by atoms with Crippen LogP contribution in [0.1, 0.15) is 26.3 Å². The highest BCUT2D eigenvalue weighted by Crippen LogP contribution is 2.22. The zero-order chi connectivity index (χ0) is 14.5. The Morgan fingerprint density at radius 3 is 2.63 bits per heavy atom. The van der Waals surface area contributed by atoms with Gasteiger partial charge in [-0.1, -0.05) is 24.1 Å². The number of hydrogen-bond acceptors (Lipinski definition) is 2. The van der Waals surface area contributed by atoms with Crippen LogP contribution in [0.5, 0.6) is 0 Å². The van der Waals surface area contributed by atoms with E-state index in [0.717, 1.165) is 0 Å². The minimum absolute atomic E-state index is 0.341. The van der Waals surface area contributed by atoms with E-state index >= 15 is 0 Å². The highest BCUT2D eigenvalue weighted by Gasteiger charge is 2.23. The summed E-state index contributed by atoms with van der Waals surface area (Å²) in [5, 5.41) is 0. The minimum atomic E-state index is -0.554. The average Bonchev–Trinajstić information content (AvgIpc) is 2.33. The van der Waals surface area contributed by atoms with E-state index < -0.39 is 11.7 Å². The first-order valence-electron chi connectivity index (χ1n) is 6.06. The zero-order valence-electron chi connectivity index (χ0n) is 11.6. The van der Waals surface area contributed by atoms with E-state index in [1.54, 1.807) is 18.2 Å². The van der Waals surface area contributed by atoms with Gasteiger partial charge in [0.05, 0.1) is 5.69 Å². The molecule has 3 heteroatoms. The third-order valence-electron chi connectivity index (χ3n) is 2.28. The predicted molar refractivity (Wildman–Crippen MR) is 78.2 cm³/mol. The van der Waals surface area contributed by atoms with Gasteiger partial charge in [-0.2, -0.15) is 0 Å². The summed E-state index contributed by atoms with van der Waals surface area (Å²) < 4.78 is 5.38. The summed E-state index contributed by atoms with van der Waals surface area (Å²) in [6.45, 7) is 9.47. The van der Waals surface area contributed by atoms with E-state index in [4.69, 9.17) is 11.2 Å². The number of hydrogen-bond donors (Lipinski definition) is 0. The Morgan fingerprint density at radius 1 is 1.47 bits per heavy atom. The van der Waals surface area contributed by atoms with Gasteiger partial charge < -0.3 is 4.74 Å². The van der Waals surface area contributed by atoms with Gasteiger partial charge in [-0.3, -0.25) is 4.90 Å². The van der Waals surface area contributed by atoms with Crippen LogP contribution < -0.4 is 4.90 Å². The predicted octanol–water partition coefficient (Wildman–Crippen LogP) is 3.60. The summed E-state index contributed by atoms with van der Waals surface area (Å²) >= 11 is 0. The Kier molecular flexibility index (Phi) is 4.77. The van der Waals surface area contributed by atoms with Crippen LogP contribution in [-0.4, -0.2) is 18.2 Å². The van der Waals surface area contributed by atoms with Crippen molar-refractivity contribution in [3.63, 3.8) is 0 Å². The molecule has 0 aromatic heterocycles. The Bertz CT molecular complexity index is 506. The van der Waals surface area contributed by atoms with Gasteiger partial charge >= 0.3 is 6.09 Å². The molecule has 0 aliphatic rings. The van der Waals surface area contributed by atoms with Gasteiger partial charge in [0.2, 0.25) is 0 Å². The van der Waals surface area contributed by atoms with E-state index in [1.807, 2.05) is 32.9 Å². The first kappa shape index (κ1) is 14.8. The highest BCUT2D eigenvalue weighted by atomic mass is 16.6. The molecule has 1 aromatic rings. The molecular formula is C16H19NO2. The number of nitrogens with zero attached hydrogens (tertiary/aromatic N) is 1. The van der Waals surface area contributed by atoms with E-state index in [9.17, 15) is 4.79 Å². The van der Waals surface area contributed by atoms with Crippen LogP contribution >= 0.6 is 0 Å². The molecule has 0 aliphatic carbocycles. The lowest BCUT2D eigenvalue weighted by Gasteiger charge is -2.27. The van der Waals surface area contributed by atoms with Crippen molar-refractivity contribution in [3.8, 4) is 12.3 Å². The molecule has 0 saturated heterocycles. The quantitative estimate of drug-likeness (QED) is 0.611. The first-order valence-corrected chi connectivity index (χ1v) is 6.06. The molecule has 3 nitrogen and oxygen atoms in total. The number of amides is 1. The van der Waals surface area contributed by atoms with Crippen molar-refractivity contribution in [2.45, 2.75) is 26.4 Å². The van der Waals surface area contributed by atoms with Crippen LogP contribution in [0.25, 0.3) is 0 Å². The molecule has 0 fully saturated rings. The average molecular weight is 257 g/mol. The van der Waals surface area contributed by atoms with Crippen molar-refractivity contribution in [2.24, 2.45) is 0 Å². The maximum absolute atomic E-state index is 12.2. The Hall–Kier alpha value is -2.21. The second-order valence-corrected chi connectivity index (χ2v) is 5.04. The van der Waals surface area contributed by atoms with Crippen molar-refractivity contribution < 1.29 is 9.53 Å². The number of ether oxygens (including phenoxy) is 1. The van der Waals surface area contributed by atoms with Gasteiger partial charge in [0.1, 0.15) is 5.60 Å². The lowest BCUT2D eigenvalue weighted by molar-refractivity contribution is 0.0584. The van der Waals surface area contributed by atoms with Crippen LogP contribution in [0.15, 0.2) is 36.9 Å². The van der Waals surface area contributed by atoms with E-state index in [0.29, 0.717) is 17.8 Å². The van der Waals surface area contributed by atoms with Crippen molar-refractivity contribution in [2.75, 3.05) is 11.4 Å². The number of anilines is 1. The largest absolute Gasteiger partial charge is 0.443 e. The second-order valence-electron chi connectivity index (χ2n) is 5.04. The van der Waals surface area contributed by atoms with Crippen molar-refractivity contribution in [1.82, 2.24) is 0 Å². The molecule has 1 aromatic carbocycles. The monoisotopic (exact) mass is 257 g/mol. The van der Waals surface area contributed by atoms with Crippen LogP contribution in [-0.2, 0) is 4.74 Å². The summed E-state index contributed by atoms with van der Waals surface area (Å²) in [5.41, 5.74) is 0.746. The third-order valence-corrected chi connectivity index (χ3v) is 2.28. The second kappa shape index (κ2) is 6.10.